The Labute approximate surface area is 117 Å². The molecule has 0 radical (unpaired) electrons. The number of benzene rings is 2. The molecule has 0 aliphatic carbocycles. The van der Waals surface area contributed by atoms with Crippen molar-refractivity contribution in [2.24, 2.45) is 0 Å². The fourth-order valence-electron chi connectivity index (χ4n) is 2.24. The minimum atomic E-state index is 0.647. The average Bonchev–Trinajstić information content (AvgIpc) is 2.97. The van der Waals surface area contributed by atoms with E-state index in [0.29, 0.717) is 12.1 Å². The third-order valence-corrected chi connectivity index (χ3v) is 3.23. The third-order valence-electron chi connectivity index (χ3n) is 3.23. The van der Waals surface area contributed by atoms with Gasteiger partial charge in [0.25, 0.3) is 0 Å². The van der Waals surface area contributed by atoms with Gasteiger partial charge in [0.05, 0.1) is 18.2 Å². The number of aromatic nitrogens is 2. The lowest BCUT2D eigenvalue weighted by Crippen LogP contribution is -2.02. The van der Waals surface area contributed by atoms with E-state index in [1.807, 2.05) is 60.8 Å². The summed E-state index contributed by atoms with van der Waals surface area (Å²) in [5.41, 5.74) is 2.79. The van der Waals surface area contributed by atoms with Gasteiger partial charge in [-0.15, -0.1) is 0 Å². The molecule has 0 unspecified atom stereocenters. The molecule has 3 rings (SSSR count). The Kier molecular flexibility index (Phi) is 3.30. The Morgan fingerprint density at radius 1 is 1.00 bits per heavy atom. The van der Waals surface area contributed by atoms with Crippen molar-refractivity contribution in [3.8, 4) is 17.5 Å². The molecule has 0 spiro atoms. The molecular weight excluding hydrogens is 246 g/mol. The van der Waals surface area contributed by atoms with E-state index in [0.717, 1.165) is 17.0 Å². The molecule has 0 atom stereocenters. The molecule has 2 aromatic carbocycles. The lowest BCUT2D eigenvalue weighted by atomic mass is 10.1. The maximum absolute atomic E-state index is 9.16. The van der Waals surface area contributed by atoms with Gasteiger partial charge >= 0.3 is 0 Å². The summed E-state index contributed by atoms with van der Waals surface area (Å²) in [5.74, 6) is 0.915. The standard InChI is InChI=1S/C17H13N3/c18-12-15-8-4-5-9-16(15)13-20-11-10-19-17(20)14-6-2-1-3-7-14/h1-11H,13H2. The molecule has 1 aromatic heterocycles. The van der Waals surface area contributed by atoms with Crippen LogP contribution in [0.3, 0.4) is 0 Å². The van der Waals surface area contributed by atoms with Crippen LogP contribution in [-0.4, -0.2) is 9.55 Å². The van der Waals surface area contributed by atoms with Gasteiger partial charge < -0.3 is 4.57 Å². The summed E-state index contributed by atoms with van der Waals surface area (Å²) in [5, 5.41) is 9.16. The van der Waals surface area contributed by atoms with Crippen LogP contribution in [0.2, 0.25) is 0 Å². The van der Waals surface area contributed by atoms with Gasteiger partial charge in [0.15, 0.2) is 0 Å². The fraction of sp³-hybridized carbons (Fsp3) is 0.0588. The highest BCUT2D eigenvalue weighted by atomic mass is 15.1. The highest BCUT2D eigenvalue weighted by Gasteiger charge is 2.07. The van der Waals surface area contributed by atoms with Crippen LogP contribution in [0.4, 0.5) is 0 Å². The summed E-state index contributed by atoms with van der Waals surface area (Å²) in [6.07, 6.45) is 3.73. The van der Waals surface area contributed by atoms with E-state index < -0.39 is 0 Å². The molecule has 96 valence electrons. The Balaban J connectivity index is 1.98. The van der Waals surface area contributed by atoms with Gasteiger partial charge in [-0.05, 0) is 11.6 Å². The van der Waals surface area contributed by atoms with Crippen LogP contribution in [-0.2, 0) is 6.54 Å². The Hall–Kier alpha value is -2.86. The maximum Gasteiger partial charge on any atom is 0.140 e. The second kappa shape index (κ2) is 5.41. The lowest BCUT2D eigenvalue weighted by Gasteiger charge is -2.09. The molecule has 3 nitrogen and oxygen atoms in total. The van der Waals surface area contributed by atoms with Crippen molar-refractivity contribution < 1.29 is 0 Å². The van der Waals surface area contributed by atoms with Crippen molar-refractivity contribution in [3.63, 3.8) is 0 Å². The van der Waals surface area contributed by atoms with Gasteiger partial charge in [0, 0.05) is 18.0 Å². The molecule has 0 fully saturated rings. The summed E-state index contributed by atoms with van der Waals surface area (Å²) in [7, 11) is 0. The van der Waals surface area contributed by atoms with Crippen LogP contribution < -0.4 is 0 Å². The van der Waals surface area contributed by atoms with E-state index in [-0.39, 0.29) is 0 Å². The molecule has 0 N–H and O–H groups in total. The molecule has 3 aromatic rings. The van der Waals surface area contributed by atoms with E-state index in [1.165, 1.54) is 0 Å². The normalized spacial score (nSPS) is 10.2. The second-order valence-corrected chi connectivity index (χ2v) is 4.51. The number of hydrogen-bond donors (Lipinski definition) is 0. The van der Waals surface area contributed by atoms with Gasteiger partial charge in [0.2, 0.25) is 0 Å². The van der Waals surface area contributed by atoms with Crippen LogP contribution in [0, 0.1) is 11.3 Å². The number of rotatable bonds is 3. The number of imidazole rings is 1. The van der Waals surface area contributed by atoms with Gasteiger partial charge in [-0.2, -0.15) is 5.26 Å². The van der Waals surface area contributed by atoms with Crippen molar-refractivity contribution in [2.75, 3.05) is 0 Å². The third kappa shape index (κ3) is 2.32. The van der Waals surface area contributed by atoms with Gasteiger partial charge in [-0.1, -0.05) is 48.5 Å². The summed E-state index contributed by atoms with van der Waals surface area (Å²) in [4.78, 5) is 4.42. The molecular formula is C17H13N3. The molecule has 0 aliphatic rings. The SMILES string of the molecule is N#Cc1ccccc1Cn1ccnc1-c1ccccc1. The summed E-state index contributed by atoms with van der Waals surface area (Å²) < 4.78 is 2.06. The predicted molar refractivity (Wildman–Crippen MR) is 77.9 cm³/mol. The number of nitrogens with zero attached hydrogens (tertiary/aromatic N) is 3. The number of hydrogen-bond acceptors (Lipinski definition) is 2. The van der Waals surface area contributed by atoms with Crippen LogP contribution >= 0.6 is 0 Å². The second-order valence-electron chi connectivity index (χ2n) is 4.51. The smallest absolute Gasteiger partial charge is 0.140 e. The first-order valence-electron chi connectivity index (χ1n) is 6.43. The predicted octanol–water partition coefficient (Wildman–Crippen LogP) is 3.47. The largest absolute Gasteiger partial charge is 0.327 e. The molecule has 0 aliphatic heterocycles. The highest BCUT2D eigenvalue weighted by Crippen LogP contribution is 2.19. The monoisotopic (exact) mass is 259 g/mol. The summed E-state index contributed by atoms with van der Waals surface area (Å²) >= 11 is 0. The van der Waals surface area contributed by atoms with Gasteiger partial charge in [-0.3, -0.25) is 0 Å². The highest BCUT2D eigenvalue weighted by molar-refractivity contribution is 5.55. The van der Waals surface area contributed by atoms with Crippen molar-refractivity contribution in [3.05, 3.63) is 78.1 Å². The van der Waals surface area contributed by atoms with Crippen molar-refractivity contribution in [2.45, 2.75) is 6.54 Å². The van der Waals surface area contributed by atoms with E-state index in [1.54, 1.807) is 6.20 Å². The first kappa shape index (κ1) is 12.2. The molecule has 0 amide bonds. The van der Waals surface area contributed by atoms with Crippen LogP contribution in [0.15, 0.2) is 67.0 Å². The average molecular weight is 259 g/mol. The van der Waals surface area contributed by atoms with E-state index in [9.17, 15) is 0 Å². The topological polar surface area (TPSA) is 41.6 Å². The fourth-order valence-corrected chi connectivity index (χ4v) is 2.24. The first-order chi connectivity index (χ1) is 9.88. The molecule has 1 heterocycles. The zero-order valence-electron chi connectivity index (χ0n) is 10.9. The van der Waals surface area contributed by atoms with Crippen LogP contribution in [0.1, 0.15) is 11.1 Å². The van der Waals surface area contributed by atoms with Crippen LogP contribution in [0.5, 0.6) is 0 Å². The lowest BCUT2D eigenvalue weighted by molar-refractivity contribution is 0.805. The Morgan fingerprint density at radius 3 is 2.55 bits per heavy atom. The zero-order chi connectivity index (χ0) is 13.8. The van der Waals surface area contributed by atoms with E-state index >= 15 is 0 Å². The number of nitriles is 1. The van der Waals surface area contributed by atoms with Crippen molar-refractivity contribution in [1.82, 2.24) is 9.55 Å². The molecule has 0 bridgehead atoms. The quantitative estimate of drug-likeness (QED) is 0.722. The van der Waals surface area contributed by atoms with Gasteiger partial charge in [-0.25, -0.2) is 4.98 Å². The van der Waals surface area contributed by atoms with Gasteiger partial charge in [0.1, 0.15) is 5.82 Å². The summed E-state index contributed by atoms with van der Waals surface area (Å²) in [6, 6.07) is 19.9. The van der Waals surface area contributed by atoms with E-state index in [4.69, 9.17) is 5.26 Å². The van der Waals surface area contributed by atoms with E-state index in [2.05, 4.69) is 15.6 Å². The minimum absolute atomic E-state index is 0.647. The van der Waals surface area contributed by atoms with Crippen LogP contribution in [0.25, 0.3) is 11.4 Å². The Bertz CT molecular complexity index is 751. The molecule has 0 saturated carbocycles. The zero-order valence-corrected chi connectivity index (χ0v) is 10.9. The minimum Gasteiger partial charge on any atom is -0.327 e. The van der Waals surface area contributed by atoms with Crippen molar-refractivity contribution in [1.29, 1.82) is 5.26 Å². The molecule has 0 saturated heterocycles. The maximum atomic E-state index is 9.16. The molecule has 3 heteroatoms. The molecule has 20 heavy (non-hydrogen) atoms. The summed E-state index contributed by atoms with van der Waals surface area (Å²) in [6.45, 7) is 0.647. The first-order valence-corrected chi connectivity index (χ1v) is 6.43. The Morgan fingerprint density at radius 2 is 1.75 bits per heavy atom. The van der Waals surface area contributed by atoms with Crippen molar-refractivity contribution >= 4 is 0 Å².